The summed E-state index contributed by atoms with van der Waals surface area (Å²) in [5.74, 6) is 0.867. The maximum atomic E-state index is 12.1. The highest BCUT2D eigenvalue weighted by molar-refractivity contribution is 5.95. The standard InChI is InChI=1S/C12H14N4O2.C8H19NO.CH2O/c17-8-16-7-12(1-2-12)5-9(16)11(18)15-10-6-13-3-4-14-10;1-4-5-6-8(2)7-9(3)10;1-2/h3-4,6,8-9H,1-2,5,7H2,(H,14,15,18);8,10H,4-7H2,1-3H3;1H2. The summed E-state index contributed by atoms with van der Waals surface area (Å²) in [5.41, 5.74) is 0.214. The molecule has 30 heavy (non-hydrogen) atoms. The van der Waals surface area contributed by atoms with Crippen molar-refractivity contribution in [3.8, 4) is 0 Å². The summed E-state index contributed by atoms with van der Waals surface area (Å²) in [6.45, 7) is 7.85. The van der Waals surface area contributed by atoms with Crippen molar-refractivity contribution in [2.45, 2.75) is 58.4 Å². The summed E-state index contributed by atoms with van der Waals surface area (Å²) in [5, 5.41) is 12.8. The molecule has 0 aromatic carbocycles. The van der Waals surface area contributed by atoms with Gasteiger partial charge in [-0.2, -0.15) is 5.06 Å². The Morgan fingerprint density at radius 3 is 2.67 bits per heavy atom. The van der Waals surface area contributed by atoms with E-state index in [1.165, 1.54) is 36.7 Å². The zero-order valence-corrected chi connectivity index (χ0v) is 18.3. The lowest BCUT2D eigenvalue weighted by Crippen LogP contribution is -2.38. The number of hydrogen-bond donors (Lipinski definition) is 2. The van der Waals surface area contributed by atoms with Gasteiger partial charge < -0.3 is 20.2 Å². The average Bonchev–Trinajstić information content (AvgIpc) is 3.39. The first-order valence-electron chi connectivity index (χ1n) is 10.4. The van der Waals surface area contributed by atoms with E-state index in [0.717, 1.165) is 32.2 Å². The van der Waals surface area contributed by atoms with E-state index in [0.29, 0.717) is 18.3 Å². The van der Waals surface area contributed by atoms with Gasteiger partial charge in [-0.15, -0.1) is 0 Å². The molecule has 2 fully saturated rings. The molecule has 1 aromatic rings. The predicted octanol–water partition coefficient (Wildman–Crippen LogP) is 2.37. The van der Waals surface area contributed by atoms with E-state index in [4.69, 9.17) is 10.0 Å². The van der Waals surface area contributed by atoms with E-state index in [2.05, 4.69) is 29.1 Å². The van der Waals surface area contributed by atoms with Gasteiger partial charge in [-0.1, -0.05) is 26.7 Å². The molecule has 0 radical (unpaired) electrons. The van der Waals surface area contributed by atoms with Crippen LogP contribution in [0.4, 0.5) is 5.82 Å². The largest absolute Gasteiger partial charge is 0.333 e. The molecule has 9 nitrogen and oxygen atoms in total. The Balaban J connectivity index is 0.000000323. The number of carbonyl (C=O) groups is 3. The van der Waals surface area contributed by atoms with E-state index in [1.54, 1.807) is 18.1 Å². The number of unbranched alkanes of at least 4 members (excludes halogenated alkanes) is 1. The Bertz CT molecular complexity index is 640. The maximum absolute atomic E-state index is 12.1. The smallest absolute Gasteiger partial charge is 0.248 e. The number of anilines is 1. The van der Waals surface area contributed by atoms with E-state index < -0.39 is 0 Å². The van der Waals surface area contributed by atoms with Crippen molar-refractivity contribution in [1.82, 2.24) is 19.9 Å². The minimum Gasteiger partial charge on any atom is -0.333 e. The third-order valence-corrected chi connectivity index (χ3v) is 5.38. The van der Waals surface area contributed by atoms with Crippen molar-refractivity contribution in [3.63, 3.8) is 0 Å². The summed E-state index contributed by atoms with van der Waals surface area (Å²) in [6, 6.07) is -0.369. The molecule has 2 atom stereocenters. The maximum Gasteiger partial charge on any atom is 0.248 e. The topological polar surface area (TPSA) is 116 Å². The minimum atomic E-state index is -0.369. The summed E-state index contributed by atoms with van der Waals surface area (Å²) in [4.78, 5) is 40.6. The number of rotatable bonds is 8. The molecule has 2 aliphatic rings. The first-order chi connectivity index (χ1) is 14.4. The number of carbonyl (C=O) groups excluding carboxylic acids is 3. The molecule has 1 saturated carbocycles. The van der Waals surface area contributed by atoms with E-state index >= 15 is 0 Å². The fourth-order valence-electron chi connectivity index (χ4n) is 3.65. The molecule has 1 spiro atoms. The summed E-state index contributed by atoms with van der Waals surface area (Å²) in [7, 11) is 1.70. The van der Waals surface area contributed by atoms with Gasteiger partial charge in [0.15, 0.2) is 5.82 Å². The molecule has 3 rings (SSSR count). The van der Waals surface area contributed by atoms with Gasteiger partial charge in [0.1, 0.15) is 12.8 Å². The van der Waals surface area contributed by atoms with Gasteiger partial charge in [0, 0.05) is 32.5 Å². The quantitative estimate of drug-likeness (QED) is 0.489. The fourth-order valence-corrected chi connectivity index (χ4v) is 3.65. The van der Waals surface area contributed by atoms with Crippen LogP contribution in [0, 0.1) is 11.3 Å². The van der Waals surface area contributed by atoms with Crippen LogP contribution in [0.5, 0.6) is 0 Å². The third-order valence-electron chi connectivity index (χ3n) is 5.38. The molecule has 2 amide bonds. The molecule has 168 valence electrons. The highest BCUT2D eigenvalue weighted by Crippen LogP contribution is 2.54. The molecule has 9 heteroatoms. The van der Waals surface area contributed by atoms with E-state index in [-0.39, 0.29) is 17.4 Å². The van der Waals surface area contributed by atoms with Crippen molar-refractivity contribution in [2.24, 2.45) is 11.3 Å². The molecule has 1 aliphatic carbocycles. The number of hydrogen-bond acceptors (Lipinski definition) is 7. The Morgan fingerprint density at radius 1 is 1.47 bits per heavy atom. The number of hydroxylamine groups is 2. The monoisotopic (exact) mass is 421 g/mol. The van der Waals surface area contributed by atoms with Crippen LogP contribution in [-0.2, 0) is 14.4 Å². The Labute approximate surface area is 178 Å². The second kappa shape index (κ2) is 13.0. The van der Waals surface area contributed by atoms with Crippen LogP contribution in [0.15, 0.2) is 18.6 Å². The molecule has 2 heterocycles. The molecule has 2 unspecified atom stereocenters. The van der Waals surface area contributed by atoms with Crippen molar-refractivity contribution in [2.75, 3.05) is 25.5 Å². The fraction of sp³-hybridized carbons (Fsp3) is 0.667. The summed E-state index contributed by atoms with van der Waals surface area (Å²) < 4.78 is 0. The lowest BCUT2D eigenvalue weighted by atomic mass is 10.0. The van der Waals surface area contributed by atoms with Gasteiger partial charge in [0.2, 0.25) is 12.3 Å². The van der Waals surface area contributed by atoms with Gasteiger partial charge in [-0.25, -0.2) is 4.98 Å². The van der Waals surface area contributed by atoms with Crippen LogP contribution in [0.3, 0.4) is 0 Å². The molecule has 1 saturated heterocycles. The molecule has 2 N–H and O–H groups in total. The molecular weight excluding hydrogens is 386 g/mol. The normalized spacial score (nSPS) is 19.2. The van der Waals surface area contributed by atoms with Gasteiger partial charge in [0.25, 0.3) is 0 Å². The second-order valence-electron chi connectivity index (χ2n) is 8.17. The van der Waals surface area contributed by atoms with E-state index in [1.807, 2.05) is 6.79 Å². The Kier molecular flexibility index (Phi) is 11.1. The summed E-state index contributed by atoms with van der Waals surface area (Å²) >= 11 is 0. The lowest BCUT2D eigenvalue weighted by molar-refractivity contribution is -0.127. The van der Waals surface area contributed by atoms with Crippen molar-refractivity contribution >= 4 is 24.9 Å². The van der Waals surface area contributed by atoms with Crippen molar-refractivity contribution in [1.29, 1.82) is 0 Å². The van der Waals surface area contributed by atoms with Gasteiger partial charge >= 0.3 is 0 Å². The van der Waals surface area contributed by atoms with Crippen LogP contribution in [0.1, 0.15) is 52.4 Å². The SMILES string of the molecule is C=O.CCCCC(C)CN(C)O.O=CN1CC2(CC2)CC1C(=O)Nc1cnccn1. The minimum absolute atomic E-state index is 0.175. The molecule has 1 aliphatic heterocycles. The Hall–Kier alpha value is -2.39. The number of nitrogens with one attached hydrogen (secondary N) is 1. The Morgan fingerprint density at radius 2 is 2.17 bits per heavy atom. The summed E-state index contributed by atoms with van der Waals surface area (Å²) in [6.07, 6.45) is 12.1. The van der Waals surface area contributed by atoms with E-state index in [9.17, 15) is 9.59 Å². The number of likely N-dealkylation sites (tertiary alicyclic amines) is 1. The van der Waals surface area contributed by atoms with Gasteiger partial charge in [-0.05, 0) is 37.0 Å². The van der Waals surface area contributed by atoms with Gasteiger partial charge in [0.05, 0.1) is 6.20 Å². The zero-order valence-electron chi connectivity index (χ0n) is 18.3. The van der Waals surface area contributed by atoms with Crippen LogP contribution in [0.2, 0.25) is 0 Å². The second-order valence-corrected chi connectivity index (χ2v) is 8.17. The third kappa shape index (κ3) is 8.54. The average molecular weight is 422 g/mol. The van der Waals surface area contributed by atoms with Crippen LogP contribution >= 0.6 is 0 Å². The highest BCUT2D eigenvalue weighted by Gasteiger charge is 2.53. The predicted molar refractivity (Wildman–Crippen MR) is 114 cm³/mol. The first-order valence-corrected chi connectivity index (χ1v) is 10.4. The zero-order chi connectivity index (χ0) is 22.6. The van der Waals surface area contributed by atoms with Crippen LogP contribution in [-0.4, -0.2) is 70.4 Å². The highest BCUT2D eigenvalue weighted by atomic mass is 16.5. The first kappa shape index (κ1) is 25.6. The van der Waals surface area contributed by atoms with Crippen molar-refractivity contribution in [3.05, 3.63) is 18.6 Å². The molecular formula is C21H35N5O4. The molecule has 1 aromatic heterocycles. The van der Waals surface area contributed by atoms with Crippen LogP contribution in [0.25, 0.3) is 0 Å². The number of nitrogens with zero attached hydrogens (tertiary/aromatic N) is 4. The van der Waals surface area contributed by atoms with Gasteiger partial charge in [-0.3, -0.25) is 14.6 Å². The van der Waals surface area contributed by atoms with Crippen molar-refractivity contribution < 1.29 is 19.6 Å². The number of amides is 2. The lowest BCUT2D eigenvalue weighted by Gasteiger charge is -2.18. The van der Waals surface area contributed by atoms with Crippen LogP contribution < -0.4 is 5.32 Å². The number of aromatic nitrogens is 2. The molecule has 0 bridgehead atoms.